The second-order valence-electron chi connectivity index (χ2n) is 6.42. The van der Waals surface area contributed by atoms with Gasteiger partial charge in [0.15, 0.2) is 6.29 Å². The predicted octanol–water partition coefficient (Wildman–Crippen LogP) is 3.46. The van der Waals surface area contributed by atoms with Crippen LogP contribution in [0.25, 0.3) is 11.0 Å². The van der Waals surface area contributed by atoms with E-state index in [1.165, 1.54) is 6.42 Å². The minimum Gasteiger partial charge on any atom is -0.422 e. The molecule has 4 heteroatoms. The number of fused-ring (bicyclic) bond motifs is 1. The van der Waals surface area contributed by atoms with Crippen LogP contribution in [0.5, 0.6) is 0 Å². The van der Waals surface area contributed by atoms with Gasteiger partial charge in [-0.15, -0.1) is 0 Å². The smallest absolute Gasteiger partial charge is 0.349 e. The van der Waals surface area contributed by atoms with Gasteiger partial charge in [0.1, 0.15) is 11.1 Å². The molecule has 1 aliphatic rings. The number of hydrogen-bond donors (Lipinski definition) is 0. The molecule has 1 fully saturated rings. The van der Waals surface area contributed by atoms with Crippen molar-refractivity contribution in [2.75, 3.05) is 18.0 Å². The average Bonchev–Trinajstić information content (AvgIpc) is 2.45. The standard InChI is InChI=1S/C18H21NO3/c1-11-5-4-6-19(9-11)17-14(10-20)18(21)22-15-8-12(2)7-13(3)16(15)17/h7-8,10-11H,4-6,9H2,1-3H3. The van der Waals surface area contributed by atoms with E-state index in [-0.39, 0.29) is 5.56 Å². The molecule has 0 spiro atoms. The number of hydrogen-bond acceptors (Lipinski definition) is 4. The molecule has 0 radical (unpaired) electrons. The Kier molecular flexibility index (Phi) is 3.77. The summed E-state index contributed by atoms with van der Waals surface area (Å²) in [5, 5.41) is 0.890. The summed E-state index contributed by atoms with van der Waals surface area (Å²) < 4.78 is 5.39. The van der Waals surface area contributed by atoms with Crippen molar-refractivity contribution in [2.24, 2.45) is 5.92 Å². The van der Waals surface area contributed by atoms with Crippen LogP contribution in [0.15, 0.2) is 21.3 Å². The molecule has 1 aromatic carbocycles. The third-order valence-corrected chi connectivity index (χ3v) is 4.45. The number of carbonyl (C=O) groups excluding carboxylic acids is 1. The van der Waals surface area contributed by atoms with E-state index in [0.29, 0.717) is 17.8 Å². The molecule has 1 aromatic heterocycles. The summed E-state index contributed by atoms with van der Waals surface area (Å²) in [4.78, 5) is 25.9. The van der Waals surface area contributed by atoms with Gasteiger partial charge in [-0.05, 0) is 49.8 Å². The highest BCUT2D eigenvalue weighted by Gasteiger charge is 2.24. The second kappa shape index (κ2) is 5.59. The summed E-state index contributed by atoms with van der Waals surface area (Å²) in [5.74, 6) is 0.557. The number of aldehydes is 1. The fourth-order valence-corrected chi connectivity index (χ4v) is 3.52. The van der Waals surface area contributed by atoms with Crippen molar-refractivity contribution >= 4 is 22.9 Å². The maximum atomic E-state index is 12.2. The summed E-state index contributed by atoms with van der Waals surface area (Å²) in [6, 6.07) is 3.93. The highest BCUT2D eigenvalue weighted by Crippen LogP contribution is 2.34. The number of aryl methyl sites for hydroxylation is 2. The summed E-state index contributed by atoms with van der Waals surface area (Å²) in [7, 11) is 0. The molecule has 4 nitrogen and oxygen atoms in total. The van der Waals surface area contributed by atoms with Gasteiger partial charge >= 0.3 is 5.63 Å². The lowest BCUT2D eigenvalue weighted by Gasteiger charge is -2.34. The van der Waals surface area contributed by atoms with Gasteiger partial charge in [0, 0.05) is 18.5 Å². The minimum atomic E-state index is -0.541. The Morgan fingerprint density at radius 3 is 2.77 bits per heavy atom. The lowest BCUT2D eigenvalue weighted by Crippen LogP contribution is -2.36. The largest absolute Gasteiger partial charge is 0.422 e. The normalized spacial score (nSPS) is 18.7. The Balaban J connectivity index is 2.34. The molecule has 0 bridgehead atoms. The molecule has 1 unspecified atom stereocenters. The summed E-state index contributed by atoms with van der Waals surface area (Å²) in [6.45, 7) is 7.92. The first kappa shape index (κ1) is 14.8. The van der Waals surface area contributed by atoms with Gasteiger partial charge in [0.2, 0.25) is 0 Å². The van der Waals surface area contributed by atoms with Crippen molar-refractivity contribution in [3.8, 4) is 0 Å². The molecule has 1 atom stereocenters. The second-order valence-corrected chi connectivity index (χ2v) is 6.42. The van der Waals surface area contributed by atoms with E-state index in [4.69, 9.17) is 4.42 Å². The van der Waals surface area contributed by atoms with Crippen LogP contribution in [0.2, 0.25) is 0 Å². The van der Waals surface area contributed by atoms with E-state index in [1.54, 1.807) is 0 Å². The Morgan fingerprint density at radius 1 is 1.32 bits per heavy atom. The van der Waals surface area contributed by atoms with Crippen molar-refractivity contribution in [1.29, 1.82) is 0 Å². The van der Waals surface area contributed by atoms with E-state index in [1.807, 2.05) is 19.9 Å². The topological polar surface area (TPSA) is 50.5 Å². The molecule has 1 aliphatic heterocycles. The lowest BCUT2D eigenvalue weighted by molar-refractivity contribution is 0.112. The first-order chi connectivity index (χ1) is 10.5. The quantitative estimate of drug-likeness (QED) is 0.629. The number of rotatable bonds is 2. The highest BCUT2D eigenvalue weighted by molar-refractivity contribution is 6.01. The van der Waals surface area contributed by atoms with Crippen molar-refractivity contribution in [1.82, 2.24) is 0 Å². The Hall–Kier alpha value is -2.10. The van der Waals surface area contributed by atoms with Gasteiger partial charge in [-0.2, -0.15) is 0 Å². The van der Waals surface area contributed by atoms with Crippen LogP contribution >= 0.6 is 0 Å². The Bertz CT molecular complexity index is 791. The first-order valence-electron chi connectivity index (χ1n) is 7.79. The Morgan fingerprint density at radius 2 is 2.09 bits per heavy atom. The van der Waals surface area contributed by atoms with Crippen LogP contribution in [0.3, 0.4) is 0 Å². The van der Waals surface area contributed by atoms with Crippen molar-refractivity contribution in [3.63, 3.8) is 0 Å². The van der Waals surface area contributed by atoms with E-state index < -0.39 is 5.63 Å². The lowest BCUT2D eigenvalue weighted by atomic mass is 9.97. The third kappa shape index (κ3) is 2.43. The third-order valence-electron chi connectivity index (χ3n) is 4.45. The molecule has 0 amide bonds. The number of nitrogens with zero attached hydrogens (tertiary/aromatic N) is 1. The minimum absolute atomic E-state index is 0.147. The van der Waals surface area contributed by atoms with Gasteiger partial charge in [0.25, 0.3) is 0 Å². The Labute approximate surface area is 129 Å². The van der Waals surface area contributed by atoms with E-state index >= 15 is 0 Å². The zero-order valence-corrected chi connectivity index (χ0v) is 13.3. The summed E-state index contributed by atoms with van der Waals surface area (Å²) in [5.41, 5.74) is 3.01. The predicted molar refractivity (Wildman–Crippen MR) is 88.0 cm³/mol. The van der Waals surface area contributed by atoms with Crippen LogP contribution in [-0.4, -0.2) is 19.4 Å². The first-order valence-corrected chi connectivity index (χ1v) is 7.79. The van der Waals surface area contributed by atoms with Gasteiger partial charge in [-0.1, -0.05) is 13.0 Å². The monoisotopic (exact) mass is 299 g/mol. The van der Waals surface area contributed by atoms with Crippen LogP contribution in [0, 0.1) is 19.8 Å². The number of anilines is 1. The summed E-state index contributed by atoms with van der Waals surface area (Å²) in [6.07, 6.45) is 2.90. The van der Waals surface area contributed by atoms with Crippen LogP contribution in [0.1, 0.15) is 41.3 Å². The number of piperidine rings is 1. The molecule has 116 valence electrons. The molecule has 0 N–H and O–H groups in total. The van der Waals surface area contributed by atoms with Gasteiger partial charge < -0.3 is 9.32 Å². The van der Waals surface area contributed by atoms with Crippen molar-refractivity contribution in [3.05, 3.63) is 39.2 Å². The van der Waals surface area contributed by atoms with Crippen molar-refractivity contribution < 1.29 is 9.21 Å². The zero-order valence-electron chi connectivity index (χ0n) is 13.3. The maximum absolute atomic E-state index is 12.2. The van der Waals surface area contributed by atoms with Crippen molar-refractivity contribution in [2.45, 2.75) is 33.6 Å². The van der Waals surface area contributed by atoms with Gasteiger partial charge in [0.05, 0.1) is 5.69 Å². The number of carbonyl (C=O) groups is 1. The molecule has 0 saturated carbocycles. The molecule has 22 heavy (non-hydrogen) atoms. The van der Waals surface area contributed by atoms with Gasteiger partial charge in [-0.3, -0.25) is 4.79 Å². The zero-order chi connectivity index (χ0) is 15.9. The number of benzene rings is 1. The SMILES string of the molecule is Cc1cc(C)c2c(N3CCCC(C)C3)c(C=O)c(=O)oc2c1. The van der Waals surface area contributed by atoms with E-state index in [2.05, 4.69) is 17.9 Å². The fourth-order valence-electron chi connectivity index (χ4n) is 3.52. The van der Waals surface area contributed by atoms with E-state index in [0.717, 1.165) is 41.7 Å². The molecule has 0 aliphatic carbocycles. The van der Waals surface area contributed by atoms with Crippen LogP contribution < -0.4 is 10.5 Å². The molecule has 2 aromatic rings. The summed E-state index contributed by atoms with van der Waals surface area (Å²) >= 11 is 0. The van der Waals surface area contributed by atoms with Crippen LogP contribution in [0.4, 0.5) is 5.69 Å². The maximum Gasteiger partial charge on any atom is 0.349 e. The fraction of sp³-hybridized carbons (Fsp3) is 0.444. The highest BCUT2D eigenvalue weighted by atomic mass is 16.4. The molecule has 2 heterocycles. The molecule has 1 saturated heterocycles. The van der Waals surface area contributed by atoms with Gasteiger partial charge in [-0.25, -0.2) is 4.79 Å². The molecule has 3 rings (SSSR count). The molecular weight excluding hydrogens is 278 g/mol. The van der Waals surface area contributed by atoms with E-state index in [9.17, 15) is 9.59 Å². The molecular formula is C18H21NO3. The van der Waals surface area contributed by atoms with Crippen LogP contribution in [-0.2, 0) is 0 Å². The average molecular weight is 299 g/mol.